The largest absolute Gasteiger partial charge is 0.316 e. The molecule has 1 aromatic carbocycles. The molecule has 0 saturated heterocycles. The third-order valence-electron chi connectivity index (χ3n) is 4.16. The van der Waals surface area contributed by atoms with E-state index in [1.807, 2.05) is 0 Å². The predicted molar refractivity (Wildman–Crippen MR) is 78.8 cm³/mol. The molecular weight excluding hydrogens is 218 g/mol. The van der Waals surface area contributed by atoms with Gasteiger partial charge in [0.1, 0.15) is 0 Å². The summed E-state index contributed by atoms with van der Waals surface area (Å²) in [5.74, 6) is 3.36. The summed E-state index contributed by atoms with van der Waals surface area (Å²) in [6.45, 7) is 9.24. The Morgan fingerprint density at radius 3 is 2.50 bits per heavy atom. The minimum absolute atomic E-state index is 0.756. The molecule has 18 heavy (non-hydrogen) atoms. The fourth-order valence-corrected chi connectivity index (χ4v) is 2.98. The quantitative estimate of drug-likeness (QED) is 0.764. The fourth-order valence-electron chi connectivity index (χ4n) is 2.98. The minimum atomic E-state index is 0.756. The lowest BCUT2D eigenvalue weighted by atomic mass is 9.96. The van der Waals surface area contributed by atoms with Gasteiger partial charge in [0.15, 0.2) is 0 Å². The smallest absolute Gasteiger partial charge is 0.00176 e. The van der Waals surface area contributed by atoms with Crippen LogP contribution in [0.5, 0.6) is 0 Å². The summed E-state index contributed by atoms with van der Waals surface area (Å²) < 4.78 is 0. The minimum Gasteiger partial charge on any atom is -0.316 e. The number of hydrogen-bond donors (Lipinski definition) is 1. The van der Waals surface area contributed by atoms with E-state index in [1.54, 1.807) is 5.56 Å². The molecule has 0 radical (unpaired) electrons. The van der Waals surface area contributed by atoms with Crippen molar-refractivity contribution in [2.24, 2.45) is 17.8 Å². The van der Waals surface area contributed by atoms with Crippen molar-refractivity contribution < 1.29 is 0 Å². The molecule has 100 valence electrons. The van der Waals surface area contributed by atoms with E-state index >= 15 is 0 Å². The maximum absolute atomic E-state index is 3.63. The van der Waals surface area contributed by atoms with Crippen LogP contribution in [0.25, 0.3) is 0 Å². The topological polar surface area (TPSA) is 12.0 Å². The Morgan fingerprint density at radius 1 is 1.17 bits per heavy atom. The Labute approximate surface area is 112 Å². The lowest BCUT2D eigenvalue weighted by Gasteiger charge is -2.17. The van der Waals surface area contributed by atoms with Crippen LogP contribution in [-0.2, 0) is 0 Å². The second kappa shape index (κ2) is 6.38. The van der Waals surface area contributed by atoms with Crippen molar-refractivity contribution >= 4 is 0 Å². The summed E-state index contributed by atoms with van der Waals surface area (Å²) in [5, 5.41) is 3.63. The summed E-state index contributed by atoms with van der Waals surface area (Å²) in [7, 11) is 0. The Hall–Kier alpha value is -0.820. The molecule has 1 fully saturated rings. The summed E-state index contributed by atoms with van der Waals surface area (Å²) in [5.41, 5.74) is 1.55. The van der Waals surface area contributed by atoms with Gasteiger partial charge in [0.05, 0.1) is 0 Å². The summed E-state index contributed by atoms with van der Waals surface area (Å²) in [4.78, 5) is 0. The maximum Gasteiger partial charge on any atom is -0.00176 e. The first-order chi connectivity index (χ1) is 8.72. The number of rotatable bonds is 7. The van der Waals surface area contributed by atoms with Gasteiger partial charge in [-0.15, -0.1) is 0 Å². The van der Waals surface area contributed by atoms with Gasteiger partial charge in [-0.25, -0.2) is 0 Å². The Morgan fingerprint density at radius 2 is 1.89 bits per heavy atom. The molecular formula is C17H27N. The molecule has 1 heteroatoms. The van der Waals surface area contributed by atoms with Crippen molar-refractivity contribution in [1.82, 2.24) is 5.32 Å². The number of nitrogens with one attached hydrogen (secondary N) is 1. The molecule has 1 N–H and O–H groups in total. The molecule has 1 aromatic rings. The van der Waals surface area contributed by atoms with E-state index in [2.05, 4.69) is 56.4 Å². The molecule has 1 nitrogen and oxygen atoms in total. The highest BCUT2D eigenvalue weighted by Gasteiger charge is 2.42. The van der Waals surface area contributed by atoms with Crippen molar-refractivity contribution in [2.45, 2.75) is 39.5 Å². The van der Waals surface area contributed by atoms with Crippen LogP contribution in [0.1, 0.15) is 45.1 Å². The third-order valence-corrected chi connectivity index (χ3v) is 4.16. The first kappa shape index (κ1) is 13.6. The molecule has 1 aliphatic carbocycles. The van der Waals surface area contributed by atoms with Crippen LogP contribution in [0.15, 0.2) is 30.3 Å². The molecule has 2 rings (SSSR count). The molecule has 1 aliphatic rings. The second-order valence-corrected chi connectivity index (χ2v) is 6.14. The van der Waals surface area contributed by atoms with E-state index in [0.717, 1.165) is 30.2 Å². The van der Waals surface area contributed by atoms with E-state index in [1.165, 1.54) is 19.4 Å². The molecule has 0 aliphatic heterocycles. The molecule has 0 aromatic heterocycles. The van der Waals surface area contributed by atoms with Gasteiger partial charge >= 0.3 is 0 Å². The highest BCUT2D eigenvalue weighted by molar-refractivity contribution is 5.26. The first-order valence-electron chi connectivity index (χ1n) is 7.48. The van der Waals surface area contributed by atoms with Crippen molar-refractivity contribution in [3.8, 4) is 0 Å². The van der Waals surface area contributed by atoms with Crippen molar-refractivity contribution in [2.75, 3.05) is 13.1 Å². The zero-order chi connectivity index (χ0) is 13.0. The SMILES string of the molecule is CCC(CNCC(C)C)C1CC1c1ccccc1. The predicted octanol–water partition coefficient (Wildman–Crippen LogP) is 4.06. The van der Waals surface area contributed by atoms with E-state index in [9.17, 15) is 0 Å². The van der Waals surface area contributed by atoms with Crippen LogP contribution in [0, 0.1) is 17.8 Å². The maximum atomic E-state index is 3.63. The zero-order valence-corrected chi connectivity index (χ0v) is 12.0. The highest BCUT2D eigenvalue weighted by atomic mass is 14.9. The summed E-state index contributed by atoms with van der Waals surface area (Å²) in [6, 6.07) is 11.0. The Bertz CT molecular complexity index is 344. The van der Waals surface area contributed by atoms with E-state index in [4.69, 9.17) is 0 Å². The molecule has 0 spiro atoms. The van der Waals surface area contributed by atoms with Crippen LogP contribution in [-0.4, -0.2) is 13.1 Å². The van der Waals surface area contributed by atoms with Crippen molar-refractivity contribution in [1.29, 1.82) is 0 Å². The average molecular weight is 245 g/mol. The van der Waals surface area contributed by atoms with Crippen LogP contribution < -0.4 is 5.32 Å². The van der Waals surface area contributed by atoms with Gasteiger partial charge in [-0.1, -0.05) is 57.5 Å². The van der Waals surface area contributed by atoms with Crippen LogP contribution >= 0.6 is 0 Å². The van der Waals surface area contributed by atoms with Crippen molar-refractivity contribution in [3.63, 3.8) is 0 Å². The molecule has 1 saturated carbocycles. The van der Waals surface area contributed by atoms with Crippen LogP contribution in [0.4, 0.5) is 0 Å². The number of benzene rings is 1. The fraction of sp³-hybridized carbons (Fsp3) is 0.647. The second-order valence-electron chi connectivity index (χ2n) is 6.14. The van der Waals surface area contributed by atoms with E-state index < -0.39 is 0 Å². The number of hydrogen-bond acceptors (Lipinski definition) is 1. The van der Waals surface area contributed by atoms with Crippen LogP contribution in [0.2, 0.25) is 0 Å². The van der Waals surface area contributed by atoms with Gasteiger partial charge in [-0.05, 0) is 48.7 Å². The molecule has 0 bridgehead atoms. The molecule has 3 unspecified atom stereocenters. The highest BCUT2D eigenvalue weighted by Crippen LogP contribution is 2.52. The normalized spacial score (nSPS) is 24.2. The Balaban J connectivity index is 1.81. The van der Waals surface area contributed by atoms with Gasteiger partial charge in [0.2, 0.25) is 0 Å². The van der Waals surface area contributed by atoms with Crippen LogP contribution in [0.3, 0.4) is 0 Å². The summed E-state index contributed by atoms with van der Waals surface area (Å²) >= 11 is 0. The van der Waals surface area contributed by atoms with Gasteiger partial charge in [0, 0.05) is 0 Å². The van der Waals surface area contributed by atoms with Gasteiger partial charge in [0.25, 0.3) is 0 Å². The van der Waals surface area contributed by atoms with E-state index in [-0.39, 0.29) is 0 Å². The first-order valence-corrected chi connectivity index (χ1v) is 7.48. The standard InChI is InChI=1S/C17H27N/c1-4-14(12-18-11-13(2)3)16-10-17(16)15-8-6-5-7-9-15/h5-9,13-14,16-18H,4,10-12H2,1-3H3. The van der Waals surface area contributed by atoms with Gasteiger partial charge in [-0.3, -0.25) is 0 Å². The van der Waals surface area contributed by atoms with Gasteiger partial charge in [-0.2, -0.15) is 0 Å². The van der Waals surface area contributed by atoms with Gasteiger partial charge < -0.3 is 5.32 Å². The molecule has 3 atom stereocenters. The summed E-state index contributed by atoms with van der Waals surface area (Å²) in [6.07, 6.45) is 2.70. The zero-order valence-electron chi connectivity index (χ0n) is 12.0. The average Bonchev–Trinajstić information content (AvgIpc) is 3.15. The lowest BCUT2D eigenvalue weighted by molar-refractivity contribution is 0.394. The molecule has 0 heterocycles. The monoisotopic (exact) mass is 245 g/mol. The lowest BCUT2D eigenvalue weighted by Crippen LogP contribution is -2.27. The van der Waals surface area contributed by atoms with E-state index in [0.29, 0.717) is 0 Å². The van der Waals surface area contributed by atoms with Crippen molar-refractivity contribution in [3.05, 3.63) is 35.9 Å². The molecule has 0 amide bonds. The Kier molecular flexibility index (Phi) is 4.82. The third kappa shape index (κ3) is 3.58.